The number of hydrogen-bond donors (Lipinski definition) is 0. The van der Waals surface area contributed by atoms with E-state index in [2.05, 4.69) is 5.10 Å². The molecule has 21 heavy (non-hydrogen) atoms. The lowest BCUT2D eigenvalue weighted by atomic mass is 10.2. The van der Waals surface area contributed by atoms with Crippen LogP contribution in [0.1, 0.15) is 28.7 Å². The van der Waals surface area contributed by atoms with Crippen LogP contribution in [0.25, 0.3) is 0 Å². The molecule has 0 saturated carbocycles. The molecule has 0 atom stereocenters. The summed E-state index contributed by atoms with van der Waals surface area (Å²) in [6, 6.07) is 5.01. The van der Waals surface area contributed by atoms with Crippen LogP contribution in [0, 0.1) is 6.92 Å². The van der Waals surface area contributed by atoms with Crippen LogP contribution in [0.5, 0.6) is 11.5 Å². The summed E-state index contributed by atoms with van der Waals surface area (Å²) >= 11 is 6.24. The van der Waals surface area contributed by atoms with Gasteiger partial charge >= 0.3 is 0 Å². The third-order valence-corrected chi connectivity index (χ3v) is 3.63. The van der Waals surface area contributed by atoms with E-state index < -0.39 is 0 Å². The van der Waals surface area contributed by atoms with Crippen molar-refractivity contribution in [3.05, 3.63) is 40.2 Å². The number of carbonyl (C=O) groups excluding carboxylic acids is 1. The summed E-state index contributed by atoms with van der Waals surface area (Å²) in [6.07, 6.45) is 0.764. The molecule has 0 N–H and O–H groups in total. The number of aromatic nitrogens is 2. The van der Waals surface area contributed by atoms with Crippen LogP contribution in [0.2, 0.25) is 5.02 Å². The molecule has 2 aromatic rings. The zero-order valence-corrected chi connectivity index (χ0v) is 13.0. The number of rotatable bonds is 6. The first kappa shape index (κ1) is 15.4. The van der Waals surface area contributed by atoms with E-state index in [4.69, 9.17) is 21.1 Å². The Kier molecular flexibility index (Phi) is 4.85. The Morgan fingerprint density at radius 1 is 1.38 bits per heavy atom. The Bertz CT molecular complexity index is 653. The largest absolute Gasteiger partial charge is 0.493 e. The molecule has 0 fully saturated rings. The fourth-order valence-corrected chi connectivity index (χ4v) is 2.22. The Hall–Kier alpha value is -2.01. The van der Waals surface area contributed by atoms with E-state index in [1.54, 1.807) is 30.0 Å². The summed E-state index contributed by atoms with van der Waals surface area (Å²) in [6.45, 7) is 4.80. The van der Waals surface area contributed by atoms with Crippen molar-refractivity contribution in [3.8, 4) is 11.5 Å². The van der Waals surface area contributed by atoms with Crippen molar-refractivity contribution in [2.24, 2.45) is 0 Å². The number of benzene rings is 1. The Labute approximate surface area is 128 Å². The maximum absolute atomic E-state index is 10.9. The van der Waals surface area contributed by atoms with Crippen molar-refractivity contribution in [3.63, 3.8) is 0 Å². The molecule has 0 saturated heterocycles. The smallest absolute Gasteiger partial charge is 0.162 e. The Morgan fingerprint density at radius 3 is 2.76 bits per heavy atom. The van der Waals surface area contributed by atoms with Gasteiger partial charge in [-0.15, -0.1) is 0 Å². The highest BCUT2D eigenvalue weighted by atomic mass is 35.5. The van der Waals surface area contributed by atoms with Crippen molar-refractivity contribution < 1.29 is 14.3 Å². The average molecular weight is 309 g/mol. The topological polar surface area (TPSA) is 53.4 Å². The monoisotopic (exact) mass is 308 g/mol. The molecule has 0 aliphatic carbocycles. The normalized spacial score (nSPS) is 10.5. The highest BCUT2D eigenvalue weighted by Crippen LogP contribution is 2.29. The lowest BCUT2D eigenvalue weighted by Crippen LogP contribution is -2.07. The van der Waals surface area contributed by atoms with Gasteiger partial charge in [-0.25, -0.2) is 0 Å². The third-order valence-electron chi connectivity index (χ3n) is 3.14. The standard InChI is InChI=1S/C15H17ClN2O3/c1-4-18-12(15(16)10(2)17-18)9-21-14-7-11(8-19)5-6-13(14)20-3/h5-8H,4,9H2,1-3H3. The van der Waals surface area contributed by atoms with Crippen molar-refractivity contribution in [1.82, 2.24) is 9.78 Å². The Morgan fingerprint density at radius 2 is 2.14 bits per heavy atom. The lowest BCUT2D eigenvalue weighted by molar-refractivity contribution is 0.112. The predicted molar refractivity (Wildman–Crippen MR) is 80.4 cm³/mol. The summed E-state index contributed by atoms with van der Waals surface area (Å²) in [7, 11) is 1.55. The third kappa shape index (κ3) is 3.19. The lowest BCUT2D eigenvalue weighted by Gasteiger charge is -2.12. The van der Waals surface area contributed by atoms with Gasteiger partial charge in [-0.1, -0.05) is 11.6 Å². The first-order valence-electron chi connectivity index (χ1n) is 6.58. The minimum absolute atomic E-state index is 0.256. The summed E-state index contributed by atoms with van der Waals surface area (Å²) in [4.78, 5) is 10.9. The number of methoxy groups -OCH3 is 1. The maximum atomic E-state index is 10.9. The van der Waals surface area contributed by atoms with Gasteiger partial charge in [0.15, 0.2) is 11.5 Å². The fourth-order valence-electron chi connectivity index (χ4n) is 2.03. The molecule has 0 radical (unpaired) electrons. The molecule has 1 heterocycles. The second kappa shape index (κ2) is 6.63. The minimum Gasteiger partial charge on any atom is -0.493 e. The van der Waals surface area contributed by atoms with E-state index in [0.717, 1.165) is 17.7 Å². The van der Waals surface area contributed by atoms with E-state index in [1.165, 1.54) is 0 Å². The van der Waals surface area contributed by atoms with Gasteiger partial charge in [0.05, 0.1) is 23.5 Å². The molecule has 2 rings (SSSR count). The molecule has 0 aliphatic rings. The fraction of sp³-hybridized carbons (Fsp3) is 0.333. The van der Waals surface area contributed by atoms with E-state index >= 15 is 0 Å². The van der Waals surface area contributed by atoms with Crippen molar-refractivity contribution in [1.29, 1.82) is 0 Å². The molecule has 0 amide bonds. The number of aldehydes is 1. The number of nitrogens with zero attached hydrogens (tertiary/aromatic N) is 2. The van der Waals surface area contributed by atoms with Gasteiger partial charge in [0.1, 0.15) is 12.9 Å². The molecule has 6 heteroatoms. The van der Waals surface area contributed by atoms with Gasteiger partial charge in [0.2, 0.25) is 0 Å². The van der Waals surface area contributed by atoms with E-state index in [9.17, 15) is 4.79 Å². The van der Waals surface area contributed by atoms with Crippen LogP contribution >= 0.6 is 11.6 Å². The Balaban J connectivity index is 2.25. The first-order chi connectivity index (χ1) is 10.1. The van der Waals surface area contributed by atoms with E-state index in [0.29, 0.717) is 28.6 Å². The molecule has 1 aromatic heterocycles. The molecular weight excluding hydrogens is 292 g/mol. The molecule has 5 nitrogen and oxygen atoms in total. The van der Waals surface area contributed by atoms with Crippen LogP contribution in [-0.4, -0.2) is 23.2 Å². The number of ether oxygens (including phenoxy) is 2. The van der Waals surface area contributed by atoms with Gasteiger partial charge in [0, 0.05) is 12.1 Å². The molecule has 0 spiro atoms. The van der Waals surface area contributed by atoms with Crippen molar-refractivity contribution in [2.45, 2.75) is 27.0 Å². The van der Waals surface area contributed by atoms with Gasteiger partial charge in [0.25, 0.3) is 0 Å². The summed E-state index contributed by atoms with van der Waals surface area (Å²) in [5, 5.41) is 4.93. The number of aryl methyl sites for hydroxylation is 2. The summed E-state index contributed by atoms with van der Waals surface area (Å²) < 4.78 is 12.8. The molecular formula is C15H17ClN2O3. The number of carbonyl (C=O) groups is 1. The highest BCUT2D eigenvalue weighted by Gasteiger charge is 2.14. The zero-order valence-electron chi connectivity index (χ0n) is 12.2. The maximum Gasteiger partial charge on any atom is 0.162 e. The second-order valence-electron chi connectivity index (χ2n) is 4.48. The average Bonchev–Trinajstić information content (AvgIpc) is 2.79. The van der Waals surface area contributed by atoms with Gasteiger partial charge < -0.3 is 9.47 Å². The van der Waals surface area contributed by atoms with Crippen LogP contribution in [0.3, 0.4) is 0 Å². The van der Waals surface area contributed by atoms with Crippen molar-refractivity contribution >= 4 is 17.9 Å². The van der Waals surface area contributed by atoms with Gasteiger partial charge in [-0.2, -0.15) is 5.10 Å². The molecule has 0 bridgehead atoms. The predicted octanol–water partition coefficient (Wildman–Crippen LogP) is 3.26. The van der Waals surface area contributed by atoms with E-state index in [-0.39, 0.29) is 6.61 Å². The molecule has 0 unspecified atom stereocenters. The number of hydrogen-bond acceptors (Lipinski definition) is 4. The first-order valence-corrected chi connectivity index (χ1v) is 6.96. The van der Waals surface area contributed by atoms with Crippen LogP contribution in [0.15, 0.2) is 18.2 Å². The van der Waals surface area contributed by atoms with Crippen LogP contribution < -0.4 is 9.47 Å². The van der Waals surface area contributed by atoms with Gasteiger partial charge in [-0.05, 0) is 32.0 Å². The molecule has 112 valence electrons. The summed E-state index contributed by atoms with van der Waals surface area (Å²) in [5.41, 5.74) is 2.10. The van der Waals surface area contributed by atoms with Crippen LogP contribution in [-0.2, 0) is 13.2 Å². The number of halogens is 1. The SMILES string of the molecule is CCn1nc(C)c(Cl)c1COc1cc(C=O)ccc1OC. The van der Waals surface area contributed by atoms with Crippen molar-refractivity contribution in [2.75, 3.05) is 7.11 Å². The van der Waals surface area contributed by atoms with E-state index in [1.807, 2.05) is 13.8 Å². The van der Waals surface area contributed by atoms with Gasteiger partial charge in [-0.3, -0.25) is 9.48 Å². The second-order valence-corrected chi connectivity index (χ2v) is 4.86. The quantitative estimate of drug-likeness (QED) is 0.769. The zero-order chi connectivity index (χ0) is 15.4. The van der Waals surface area contributed by atoms with Crippen LogP contribution in [0.4, 0.5) is 0 Å². The molecule has 1 aromatic carbocycles. The molecule has 0 aliphatic heterocycles. The minimum atomic E-state index is 0.256. The summed E-state index contributed by atoms with van der Waals surface area (Å²) in [5.74, 6) is 1.07. The highest BCUT2D eigenvalue weighted by molar-refractivity contribution is 6.31.